The molecule has 0 saturated heterocycles. The minimum absolute atomic E-state index is 0.0344. The molecule has 2 aromatic heterocycles. The van der Waals surface area contributed by atoms with Crippen molar-refractivity contribution in [3.05, 3.63) is 102 Å². The number of hydrogen-bond acceptors (Lipinski definition) is 5. The van der Waals surface area contributed by atoms with Crippen molar-refractivity contribution >= 4 is 11.8 Å². The van der Waals surface area contributed by atoms with Crippen molar-refractivity contribution in [3.63, 3.8) is 0 Å². The van der Waals surface area contributed by atoms with Crippen molar-refractivity contribution in [2.75, 3.05) is 19.6 Å². The molecular weight excluding hydrogens is 507 g/mol. The zero-order valence-corrected chi connectivity index (χ0v) is 22.4. The van der Waals surface area contributed by atoms with Crippen LogP contribution in [-0.2, 0) is 24.2 Å². The molecule has 5 rings (SSSR count). The van der Waals surface area contributed by atoms with Crippen molar-refractivity contribution in [1.29, 1.82) is 0 Å². The second-order valence-electron chi connectivity index (χ2n) is 10.0. The van der Waals surface area contributed by atoms with Crippen LogP contribution in [0, 0.1) is 11.7 Å². The fourth-order valence-corrected chi connectivity index (χ4v) is 5.10. The highest BCUT2D eigenvalue weighted by atomic mass is 19.1. The van der Waals surface area contributed by atoms with Gasteiger partial charge >= 0.3 is 0 Å². The number of fused-ring (bicyclic) bond motifs is 1. The highest BCUT2D eigenvalue weighted by molar-refractivity contribution is 5.94. The molecule has 0 aliphatic carbocycles. The van der Waals surface area contributed by atoms with E-state index in [9.17, 15) is 14.0 Å². The third-order valence-corrected chi connectivity index (χ3v) is 7.33. The van der Waals surface area contributed by atoms with E-state index in [-0.39, 0.29) is 23.5 Å². The van der Waals surface area contributed by atoms with Gasteiger partial charge in [-0.2, -0.15) is 0 Å². The van der Waals surface area contributed by atoms with Crippen LogP contribution < -0.4 is 5.32 Å². The zero-order chi connectivity index (χ0) is 27.7. The molecule has 3 heterocycles. The largest absolute Gasteiger partial charge is 0.356 e. The number of halogens is 1. The molecule has 0 bridgehead atoms. The quantitative estimate of drug-likeness (QED) is 0.393. The Hall–Kier alpha value is -4.40. The SMILES string of the molecule is O=C(NCCc1ccc(F)cc1)C1CCN(C(=O)c2ccccc2)CCCc2nnc(-c3cccnc3)n2CC1. The molecule has 1 unspecified atom stereocenters. The van der Waals surface area contributed by atoms with Gasteiger partial charge in [-0.1, -0.05) is 30.3 Å². The minimum atomic E-state index is -0.311. The molecule has 0 radical (unpaired) electrons. The maximum Gasteiger partial charge on any atom is 0.253 e. The molecule has 0 saturated carbocycles. The van der Waals surface area contributed by atoms with E-state index in [1.54, 1.807) is 24.5 Å². The van der Waals surface area contributed by atoms with Gasteiger partial charge in [0.2, 0.25) is 5.91 Å². The second kappa shape index (κ2) is 13.1. The number of carbonyl (C=O) groups is 2. The first kappa shape index (κ1) is 27.2. The first-order chi connectivity index (χ1) is 19.6. The molecule has 0 spiro atoms. The van der Waals surface area contributed by atoms with Crippen LogP contribution in [0.5, 0.6) is 0 Å². The predicted molar refractivity (Wildman–Crippen MR) is 150 cm³/mol. The molecule has 2 aromatic carbocycles. The number of hydrogen-bond donors (Lipinski definition) is 1. The van der Waals surface area contributed by atoms with E-state index in [0.29, 0.717) is 57.4 Å². The highest BCUT2D eigenvalue weighted by Gasteiger charge is 2.25. The smallest absolute Gasteiger partial charge is 0.253 e. The third kappa shape index (κ3) is 6.77. The van der Waals surface area contributed by atoms with E-state index in [1.807, 2.05) is 47.4 Å². The van der Waals surface area contributed by atoms with Crippen LogP contribution >= 0.6 is 0 Å². The summed E-state index contributed by atoms with van der Waals surface area (Å²) in [6.45, 7) is 2.07. The predicted octanol–water partition coefficient (Wildman–Crippen LogP) is 4.32. The van der Waals surface area contributed by atoms with Gasteiger partial charge in [0.05, 0.1) is 0 Å². The lowest BCUT2D eigenvalue weighted by Gasteiger charge is -2.25. The summed E-state index contributed by atoms with van der Waals surface area (Å²) in [6, 6.07) is 19.4. The van der Waals surface area contributed by atoms with Crippen LogP contribution in [0.2, 0.25) is 0 Å². The van der Waals surface area contributed by atoms with Gasteiger partial charge in [-0.05, 0) is 67.6 Å². The highest BCUT2D eigenvalue weighted by Crippen LogP contribution is 2.22. The number of nitrogens with one attached hydrogen (secondary N) is 1. The summed E-state index contributed by atoms with van der Waals surface area (Å²) in [6.07, 6.45) is 6.62. The molecule has 8 nitrogen and oxygen atoms in total. The number of benzene rings is 2. The fourth-order valence-electron chi connectivity index (χ4n) is 5.10. The minimum Gasteiger partial charge on any atom is -0.356 e. The summed E-state index contributed by atoms with van der Waals surface area (Å²) in [5.74, 6) is 0.894. The van der Waals surface area contributed by atoms with E-state index in [1.165, 1.54) is 12.1 Å². The molecule has 0 fully saturated rings. The van der Waals surface area contributed by atoms with Gasteiger partial charge in [0.1, 0.15) is 11.6 Å². The average molecular weight is 541 g/mol. The van der Waals surface area contributed by atoms with Gasteiger partial charge in [0.15, 0.2) is 5.82 Å². The number of aryl methyl sites for hydroxylation is 1. The van der Waals surface area contributed by atoms with Crippen molar-refractivity contribution < 1.29 is 14.0 Å². The van der Waals surface area contributed by atoms with Crippen molar-refractivity contribution in [2.45, 2.75) is 38.6 Å². The monoisotopic (exact) mass is 540 g/mol. The van der Waals surface area contributed by atoms with Crippen LogP contribution in [0.1, 0.15) is 41.0 Å². The Labute approximate surface area is 233 Å². The normalized spacial score (nSPS) is 16.0. The number of amides is 2. The molecule has 206 valence electrons. The van der Waals surface area contributed by atoms with Gasteiger partial charge < -0.3 is 14.8 Å². The summed E-state index contributed by atoms with van der Waals surface area (Å²) >= 11 is 0. The Morgan fingerprint density at radius 2 is 1.73 bits per heavy atom. The summed E-state index contributed by atoms with van der Waals surface area (Å²) in [5, 5.41) is 12.0. The first-order valence-electron chi connectivity index (χ1n) is 13.8. The molecule has 2 amide bonds. The summed E-state index contributed by atoms with van der Waals surface area (Å²) in [7, 11) is 0. The molecule has 1 atom stereocenters. The van der Waals surface area contributed by atoms with Crippen LogP contribution in [0.25, 0.3) is 11.4 Å². The summed E-state index contributed by atoms with van der Waals surface area (Å²) < 4.78 is 15.3. The van der Waals surface area contributed by atoms with Crippen LogP contribution in [0.4, 0.5) is 4.39 Å². The maximum absolute atomic E-state index is 13.4. The molecular formula is C31H33FN6O2. The van der Waals surface area contributed by atoms with Gasteiger partial charge in [-0.15, -0.1) is 10.2 Å². The van der Waals surface area contributed by atoms with Gasteiger partial charge in [0.25, 0.3) is 5.91 Å². The van der Waals surface area contributed by atoms with E-state index in [2.05, 4.69) is 25.1 Å². The first-order valence-corrected chi connectivity index (χ1v) is 13.8. The van der Waals surface area contributed by atoms with Crippen molar-refractivity contribution in [2.24, 2.45) is 5.92 Å². The number of carbonyl (C=O) groups excluding carboxylic acids is 2. The van der Waals surface area contributed by atoms with Crippen LogP contribution in [-0.4, -0.2) is 56.1 Å². The van der Waals surface area contributed by atoms with Crippen LogP contribution in [0.3, 0.4) is 0 Å². The number of nitrogens with zero attached hydrogens (tertiary/aromatic N) is 5. The van der Waals surface area contributed by atoms with Crippen LogP contribution in [0.15, 0.2) is 79.1 Å². The standard InChI is InChI=1S/C31H33FN6O2/c32-27-12-10-23(11-13-27)14-18-34-30(39)24-15-20-37(31(40)25-6-2-1-3-7-25)19-5-9-28-35-36-29(38(28)21-16-24)26-8-4-17-33-22-26/h1-4,6-8,10-13,17,22,24H,5,9,14-16,18-21H2,(H,34,39). The Balaban J connectivity index is 1.35. The lowest BCUT2D eigenvalue weighted by molar-refractivity contribution is -0.125. The van der Waals surface area contributed by atoms with Crippen molar-refractivity contribution in [1.82, 2.24) is 30.0 Å². The van der Waals surface area contributed by atoms with E-state index < -0.39 is 0 Å². The number of aromatic nitrogens is 4. The van der Waals surface area contributed by atoms with Gasteiger partial charge in [-0.3, -0.25) is 14.6 Å². The lowest BCUT2D eigenvalue weighted by atomic mass is 9.99. The molecule has 9 heteroatoms. The second-order valence-corrected chi connectivity index (χ2v) is 10.0. The van der Waals surface area contributed by atoms with E-state index >= 15 is 0 Å². The molecule has 1 aliphatic heterocycles. The third-order valence-electron chi connectivity index (χ3n) is 7.33. The molecule has 40 heavy (non-hydrogen) atoms. The topological polar surface area (TPSA) is 93.0 Å². The number of rotatable bonds is 6. The molecule has 4 aromatic rings. The van der Waals surface area contributed by atoms with E-state index in [4.69, 9.17) is 0 Å². The van der Waals surface area contributed by atoms with Gasteiger partial charge in [-0.25, -0.2) is 4.39 Å². The Morgan fingerprint density at radius 1 is 0.925 bits per heavy atom. The number of pyridine rings is 1. The Kier molecular flexibility index (Phi) is 8.90. The Morgan fingerprint density at radius 3 is 2.50 bits per heavy atom. The average Bonchev–Trinajstić information content (AvgIpc) is 3.38. The Bertz CT molecular complexity index is 1410. The molecule has 1 aliphatic rings. The summed E-state index contributed by atoms with van der Waals surface area (Å²) in [5.41, 5.74) is 2.47. The fraction of sp³-hybridized carbons (Fsp3) is 0.323. The molecule has 1 N–H and O–H groups in total. The maximum atomic E-state index is 13.4. The zero-order valence-electron chi connectivity index (χ0n) is 22.4. The van der Waals surface area contributed by atoms with Gasteiger partial charge in [0, 0.05) is 62.0 Å². The summed E-state index contributed by atoms with van der Waals surface area (Å²) in [4.78, 5) is 32.9. The van der Waals surface area contributed by atoms with Crippen molar-refractivity contribution in [3.8, 4) is 11.4 Å². The lowest BCUT2D eigenvalue weighted by Crippen LogP contribution is -2.37. The van der Waals surface area contributed by atoms with E-state index in [0.717, 1.165) is 29.2 Å².